The summed E-state index contributed by atoms with van der Waals surface area (Å²) < 4.78 is 0. The Labute approximate surface area is 115 Å². The van der Waals surface area contributed by atoms with E-state index in [4.69, 9.17) is 0 Å². The number of rotatable bonds is 5. The lowest BCUT2D eigenvalue weighted by molar-refractivity contribution is -0.149. The van der Waals surface area contributed by atoms with Crippen molar-refractivity contribution in [3.63, 3.8) is 0 Å². The molecule has 1 N–H and O–H groups in total. The summed E-state index contributed by atoms with van der Waals surface area (Å²) in [6, 6.07) is 0. The topological polar surface area (TPSA) is 57.6 Å². The molecule has 2 saturated carbocycles. The number of hydrogen-bond acceptors (Lipinski definition) is 2. The molecule has 0 aliphatic heterocycles. The molecule has 0 bridgehead atoms. The molecule has 3 atom stereocenters. The van der Waals surface area contributed by atoms with Gasteiger partial charge in [-0.2, -0.15) is 0 Å². The maximum atomic E-state index is 12.6. The van der Waals surface area contributed by atoms with Crippen LogP contribution in [0.3, 0.4) is 0 Å². The van der Waals surface area contributed by atoms with Crippen molar-refractivity contribution in [3.05, 3.63) is 0 Å². The van der Waals surface area contributed by atoms with E-state index in [0.717, 1.165) is 13.0 Å². The second kappa shape index (κ2) is 5.93. The highest BCUT2D eigenvalue weighted by atomic mass is 16.4. The Morgan fingerprint density at radius 2 is 1.84 bits per heavy atom. The zero-order valence-electron chi connectivity index (χ0n) is 12.0. The molecule has 1 amide bonds. The molecule has 4 heteroatoms. The van der Waals surface area contributed by atoms with E-state index in [1.807, 2.05) is 18.7 Å². The summed E-state index contributed by atoms with van der Waals surface area (Å²) in [5.74, 6) is -0.512. The number of carbonyl (C=O) groups is 2. The van der Waals surface area contributed by atoms with Gasteiger partial charge in [-0.1, -0.05) is 13.3 Å². The Kier molecular flexibility index (Phi) is 4.48. The van der Waals surface area contributed by atoms with E-state index in [1.165, 1.54) is 19.3 Å². The monoisotopic (exact) mass is 267 g/mol. The van der Waals surface area contributed by atoms with Gasteiger partial charge in [0.05, 0.1) is 11.8 Å². The quantitative estimate of drug-likeness (QED) is 0.832. The average Bonchev–Trinajstić information content (AvgIpc) is 2.69. The van der Waals surface area contributed by atoms with Crippen molar-refractivity contribution in [2.75, 3.05) is 13.1 Å². The highest BCUT2D eigenvalue weighted by molar-refractivity contribution is 5.85. The average molecular weight is 267 g/mol. The molecule has 0 spiro atoms. The molecular formula is C15H25NO3. The van der Waals surface area contributed by atoms with Crippen molar-refractivity contribution >= 4 is 11.9 Å². The van der Waals surface area contributed by atoms with E-state index in [2.05, 4.69) is 0 Å². The molecule has 0 heterocycles. The molecule has 4 nitrogen and oxygen atoms in total. The molecule has 0 saturated heterocycles. The standard InChI is InChI=1S/C15H25NO3/c1-3-16(9-11-5-4-6-11)14(17)12-7-10(2)8-13(12)15(18)19/h10-13H,3-9H2,1-2H3,(H,18,19)/t10?,12-,13+/m0/s1. The fraction of sp³-hybridized carbons (Fsp3) is 0.867. The lowest BCUT2D eigenvalue weighted by atomic mass is 9.84. The van der Waals surface area contributed by atoms with Crippen LogP contribution in [0.15, 0.2) is 0 Å². The first-order valence-corrected chi connectivity index (χ1v) is 7.54. The summed E-state index contributed by atoms with van der Waals surface area (Å²) in [6.07, 6.45) is 5.08. The minimum Gasteiger partial charge on any atom is -0.481 e. The minimum absolute atomic E-state index is 0.0751. The summed E-state index contributed by atoms with van der Waals surface area (Å²) in [6.45, 7) is 5.56. The fourth-order valence-corrected chi connectivity index (χ4v) is 3.43. The first kappa shape index (κ1) is 14.4. The number of carbonyl (C=O) groups excluding carboxylic acids is 1. The Bertz CT molecular complexity index is 351. The smallest absolute Gasteiger partial charge is 0.307 e. The third-order valence-electron chi connectivity index (χ3n) is 4.83. The van der Waals surface area contributed by atoms with Crippen LogP contribution in [0.25, 0.3) is 0 Å². The van der Waals surface area contributed by atoms with Crippen LogP contribution in [-0.4, -0.2) is 35.0 Å². The maximum absolute atomic E-state index is 12.6. The van der Waals surface area contributed by atoms with Crippen LogP contribution in [0.1, 0.15) is 46.0 Å². The van der Waals surface area contributed by atoms with Gasteiger partial charge in [0.2, 0.25) is 5.91 Å². The van der Waals surface area contributed by atoms with Crippen LogP contribution in [0, 0.1) is 23.7 Å². The first-order chi connectivity index (χ1) is 9.02. The van der Waals surface area contributed by atoms with Crippen LogP contribution in [0.2, 0.25) is 0 Å². The van der Waals surface area contributed by atoms with E-state index >= 15 is 0 Å². The summed E-state index contributed by atoms with van der Waals surface area (Å²) in [5.41, 5.74) is 0. The van der Waals surface area contributed by atoms with Crippen LogP contribution in [-0.2, 0) is 9.59 Å². The molecule has 0 aromatic rings. The predicted octanol–water partition coefficient (Wildman–Crippen LogP) is 2.38. The van der Waals surface area contributed by atoms with Gasteiger partial charge in [-0.05, 0) is 44.4 Å². The lowest BCUT2D eigenvalue weighted by Gasteiger charge is -2.33. The van der Waals surface area contributed by atoms with Crippen LogP contribution < -0.4 is 0 Å². The van der Waals surface area contributed by atoms with E-state index in [9.17, 15) is 14.7 Å². The predicted molar refractivity (Wildman–Crippen MR) is 72.6 cm³/mol. The van der Waals surface area contributed by atoms with Gasteiger partial charge in [-0.25, -0.2) is 0 Å². The van der Waals surface area contributed by atoms with Gasteiger partial charge in [0.1, 0.15) is 0 Å². The number of amides is 1. The Hall–Kier alpha value is -1.06. The molecule has 2 aliphatic rings. The van der Waals surface area contributed by atoms with Crippen molar-refractivity contribution in [1.82, 2.24) is 4.90 Å². The number of nitrogens with zero attached hydrogens (tertiary/aromatic N) is 1. The minimum atomic E-state index is -0.803. The second-order valence-electron chi connectivity index (χ2n) is 6.30. The zero-order chi connectivity index (χ0) is 14.0. The SMILES string of the molecule is CCN(CC1CCC1)C(=O)[C@H]1CC(C)C[C@H]1C(=O)O. The maximum Gasteiger partial charge on any atom is 0.307 e. The van der Waals surface area contributed by atoms with Gasteiger partial charge in [0.15, 0.2) is 0 Å². The molecule has 2 rings (SSSR count). The fourth-order valence-electron chi connectivity index (χ4n) is 3.43. The summed E-state index contributed by atoms with van der Waals surface area (Å²) in [5, 5.41) is 9.27. The zero-order valence-corrected chi connectivity index (χ0v) is 12.0. The molecule has 0 aromatic carbocycles. The number of carboxylic acids is 1. The third-order valence-corrected chi connectivity index (χ3v) is 4.83. The molecule has 1 unspecified atom stereocenters. The largest absolute Gasteiger partial charge is 0.481 e. The second-order valence-corrected chi connectivity index (χ2v) is 6.30. The van der Waals surface area contributed by atoms with Gasteiger partial charge < -0.3 is 10.0 Å². The van der Waals surface area contributed by atoms with Crippen molar-refractivity contribution < 1.29 is 14.7 Å². The van der Waals surface area contributed by atoms with Crippen molar-refractivity contribution in [1.29, 1.82) is 0 Å². The van der Waals surface area contributed by atoms with Gasteiger partial charge in [-0.15, -0.1) is 0 Å². The van der Waals surface area contributed by atoms with E-state index in [0.29, 0.717) is 24.8 Å². The number of carboxylic acid groups (broad SMARTS) is 1. The highest BCUT2D eigenvalue weighted by Crippen LogP contribution is 2.38. The van der Waals surface area contributed by atoms with E-state index in [1.54, 1.807) is 0 Å². The number of aliphatic carboxylic acids is 1. The Morgan fingerprint density at radius 1 is 1.21 bits per heavy atom. The summed E-state index contributed by atoms with van der Waals surface area (Å²) >= 11 is 0. The van der Waals surface area contributed by atoms with Crippen molar-refractivity contribution in [2.45, 2.75) is 46.0 Å². The van der Waals surface area contributed by atoms with Crippen LogP contribution >= 0.6 is 0 Å². The van der Waals surface area contributed by atoms with Crippen molar-refractivity contribution in [3.8, 4) is 0 Å². The van der Waals surface area contributed by atoms with Gasteiger partial charge in [0, 0.05) is 13.1 Å². The lowest BCUT2D eigenvalue weighted by Crippen LogP contribution is -2.42. The molecule has 0 radical (unpaired) electrons. The molecule has 108 valence electrons. The van der Waals surface area contributed by atoms with E-state index in [-0.39, 0.29) is 11.8 Å². The molecular weight excluding hydrogens is 242 g/mol. The van der Waals surface area contributed by atoms with E-state index < -0.39 is 11.9 Å². The third kappa shape index (κ3) is 3.10. The van der Waals surface area contributed by atoms with Crippen molar-refractivity contribution in [2.24, 2.45) is 23.7 Å². The Morgan fingerprint density at radius 3 is 2.32 bits per heavy atom. The molecule has 19 heavy (non-hydrogen) atoms. The van der Waals surface area contributed by atoms with Gasteiger partial charge in [-0.3, -0.25) is 9.59 Å². The van der Waals surface area contributed by atoms with Crippen LogP contribution in [0.5, 0.6) is 0 Å². The highest BCUT2D eigenvalue weighted by Gasteiger charge is 2.42. The number of hydrogen-bond donors (Lipinski definition) is 1. The van der Waals surface area contributed by atoms with Crippen LogP contribution in [0.4, 0.5) is 0 Å². The molecule has 2 fully saturated rings. The normalized spacial score (nSPS) is 30.9. The Balaban J connectivity index is 2.00. The first-order valence-electron chi connectivity index (χ1n) is 7.54. The molecule has 2 aliphatic carbocycles. The summed E-state index contributed by atoms with van der Waals surface area (Å²) in [4.78, 5) is 25.8. The molecule has 0 aromatic heterocycles. The van der Waals surface area contributed by atoms with Gasteiger partial charge in [0.25, 0.3) is 0 Å². The summed E-state index contributed by atoms with van der Waals surface area (Å²) in [7, 11) is 0. The van der Waals surface area contributed by atoms with Gasteiger partial charge >= 0.3 is 5.97 Å².